The summed E-state index contributed by atoms with van der Waals surface area (Å²) in [5.74, 6) is 0. The zero-order chi connectivity index (χ0) is 23.2. The topological polar surface area (TPSA) is 107 Å². The third-order valence-corrected chi connectivity index (χ3v) is 7.39. The maximum Gasteiger partial charge on any atom is 0.208 e. The van der Waals surface area contributed by atoms with E-state index in [1.165, 1.54) is 12.8 Å². The Morgan fingerprint density at radius 3 is 2.74 bits per heavy atom. The van der Waals surface area contributed by atoms with Crippen LogP contribution in [0.1, 0.15) is 32.3 Å². The van der Waals surface area contributed by atoms with E-state index in [0.29, 0.717) is 17.6 Å². The maximum absolute atomic E-state index is 9.16. The van der Waals surface area contributed by atoms with Crippen LogP contribution in [0, 0.1) is 11.3 Å². The molecule has 9 nitrogen and oxygen atoms in total. The smallest absolute Gasteiger partial charge is 0.208 e. The number of hydrogen-bond donors (Lipinski definition) is 2. The van der Waals surface area contributed by atoms with Crippen molar-refractivity contribution >= 4 is 27.7 Å². The summed E-state index contributed by atoms with van der Waals surface area (Å²) >= 11 is 1.62. The van der Waals surface area contributed by atoms with Gasteiger partial charge in [-0.25, -0.2) is 4.52 Å². The van der Waals surface area contributed by atoms with Crippen molar-refractivity contribution in [3.8, 4) is 28.0 Å². The van der Waals surface area contributed by atoms with Gasteiger partial charge in [0.25, 0.3) is 0 Å². The summed E-state index contributed by atoms with van der Waals surface area (Å²) < 4.78 is 1.81. The Kier molecular flexibility index (Phi) is 5.16. The highest BCUT2D eigenvalue weighted by Gasteiger charge is 2.33. The Morgan fingerprint density at radius 1 is 1.15 bits per heavy atom. The van der Waals surface area contributed by atoms with Crippen LogP contribution < -0.4 is 15.5 Å². The van der Waals surface area contributed by atoms with Crippen LogP contribution in [0.3, 0.4) is 0 Å². The van der Waals surface area contributed by atoms with Crippen LogP contribution in [-0.4, -0.2) is 56.0 Å². The molecule has 10 heteroatoms. The monoisotopic (exact) mass is 471 g/mol. The van der Waals surface area contributed by atoms with E-state index in [0.717, 1.165) is 51.4 Å². The fraction of sp³-hybridized carbons (Fsp3) is 0.375. The van der Waals surface area contributed by atoms with Crippen LogP contribution in [0.2, 0.25) is 0 Å². The molecule has 2 N–H and O–H groups in total. The fourth-order valence-electron chi connectivity index (χ4n) is 4.86. The lowest BCUT2D eigenvalue weighted by Gasteiger charge is -2.32. The second-order valence-corrected chi connectivity index (χ2v) is 10.2. The van der Waals surface area contributed by atoms with Crippen molar-refractivity contribution in [2.75, 3.05) is 23.3 Å². The molecule has 34 heavy (non-hydrogen) atoms. The van der Waals surface area contributed by atoms with Gasteiger partial charge in [0, 0.05) is 43.1 Å². The lowest BCUT2D eigenvalue weighted by molar-refractivity contribution is 0.465. The predicted molar refractivity (Wildman–Crippen MR) is 133 cm³/mol. The highest BCUT2D eigenvalue weighted by molar-refractivity contribution is 7.18. The molecule has 172 valence electrons. The number of piperazine rings is 1. The quantitative estimate of drug-likeness (QED) is 0.455. The summed E-state index contributed by atoms with van der Waals surface area (Å²) in [4.78, 5) is 7.13. The predicted octanol–water partition coefficient (Wildman–Crippen LogP) is 3.55. The molecule has 2 atom stereocenters. The van der Waals surface area contributed by atoms with Crippen molar-refractivity contribution in [3.05, 3.63) is 42.2 Å². The zero-order valence-electron chi connectivity index (χ0n) is 19.1. The lowest BCUT2D eigenvalue weighted by atomic mass is 10.1. The van der Waals surface area contributed by atoms with E-state index in [4.69, 9.17) is 10.2 Å². The average molecular weight is 472 g/mol. The minimum absolute atomic E-state index is 0.241. The van der Waals surface area contributed by atoms with Crippen molar-refractivity contribution in [1.82, 2.24) is 30.1 Å². The molecule has 0 amide bonds. The fourth-order valence-corrected chi connectivity index (χ4v) is 5.74. The van der Waals surface area contributed by atoms with Crippen LogP contribution >= 0.6 is 11.3 Å². The molecule has 6 heterocycles. The standard InChI is InChI=1S/C24H25N9S/c1-14(2)28-20-8-21(22-6-5-18-7-15(9-25)10-27-33(18)22)26-11-19(20)23-30-31-24(34-23)32-12-16-3-4-17(13-32)29-16/h5-8,10-11,14,16-17,29H,3-4,12-13H2,1-2H3,(H,26,28). The molecule has 0 aliphatic carbocycles. The third kappa shape index (κ3) is 3.77. The summed E-state index contributed by atoms with van der Waals surface area (Å²) in [6.07, 6.45) is 5.92. The van der Waals surface area contributed by atoms with Crippen LogP contribution in [0.15, 0.2) is 36.7 Å². The molecule has 6 rings (SSSR count). The molecular formula is C24H25N9S. The molecule has 4 aromatic heterocycles. The van der Waals surface area contributed by atoms with Gasteiger partial charge in [-0.05, 0) is 51.0 Å². The number of nitrogens with zero attached hydrogens (tertiary/aromatic N) is 7. The summed E-state index contributed by atoms with van der Waals surface area (Å²) in [7, 11) is 0. The van der Waals surface area contributed by atoms with Crippen molar-refractivity contribution in [2.45, 2.75) is 44.8 Å². The Bertz CT molecular complexity index is 1390. The van der Waals surface area contributed by atoms with Gasteiger partial charge in [-0.15, -0.1) is 10.2 Å². The van der Waals surface area contributed by atoms with Gasteiger partial charge < -0.3 is 15.5 Å². The molecule has 2 aliphatic rings. The summed E-state index contributed by atoms with van der Waals surface area (Å²) in [5, 5.41) is 31.7. The zero-order valence-corrected chi connectivity index (χ0v) is 19.9. The van der Waals surface area contributed by atoms with Gasteiger partial charge in [-0.1, -0.05) is 11.3 Å². The average Bonchev–Trinajstić information content (AvgIpc) is 3.56. The highest BCUT2D eigenvalue weighted by atomic mass is 32.1. The molecule has 2 fully saturated rings. The van der Waals surface area contributed by atoms with E-state index < -0.39 is 0 Å². The first-order valence-corrected chi connectivity index (χ1v) is 12.4. The summed E-state index contributed by atoms with van der Waals surface area (Å²) in [6, 6.07) is 11.3. The SMILES string of the molecule is CC(C)Nc1cc(-c2ccc3cc(C#N)cnn23)ncc1-c1nnc(N2CC3CCC(C2)N3)s1. The Labute approximate surface area is 201 Å². The Morgan fingerprint density at radius 2 is 1.97 bits per heavy atom. The molecule has 0 aromatic carbocycles. The Hall–Kier alpha value is -3.55. The molecule has 0 spiro atoms. The highest BCUT2D eigenvalue weighted by Crippen LogP contribution is 2.36. The first kappa shape index (κ1) is 21.0. The van der Waals surface area contributed by atoms with E-state index in [-0.39, 0.29) is 6.04 Å². The molecular weight excluding hydrogens is 446 g/mol. The molecule has 0 saturated carbocycles. The van der Waals surface area contributed by atoms with Crippen molar-refractivity contribution in [2.24, 2.45) is 0 Å². The van der Waals surface area contributed by atoms with Gasteiger partial charge in [-0.3, -0.25) is 4.98 Å². The van der Waals surface area contributed by atoms with Crippen LogP contribution in [0.4, 0.5) is 10.8 Å². The minimum atomic E-state index is 0.241. The van der Waals surface area contributed by atoms with E-state index in [9.17, 15) is 0 Å². The van der Waals surface area contributed by atoms with Gasteiger partial charge >= 0.3 is 0 Å². The summed E-state index contributed by atoms with van der Waals surface area (Å²) in [6.45, 7) is 6.20. The van der Waals surface area contributed by atoms with Crippen molar-refractivity contribution in [1.29, 1.82) is 5.26 Å². The second kappa shape index (κ2) is 8.34. The Balaban J connectivity index is 1.35. The number of rotatable bonds is 5. The van der Waals surface area contributed by atoms with E-state index >= 15 is 0 Å². The van der Waals surface area contributed by atoms with E-state index in [1.807, 2.05) is 35.0 Å². The van der Waals surface area contributed by atoms with Gasteiger partial charge in [0.2, 0.25) is 5.13 Å². The normalized spacial score (nSPS) is 19.6. The number of fused-ring (bicyclic) bond motifs is 3. The number of pyridine rings is 1. The first-order valence-electron chi connectivity index (χ1n) is 11.6. The molecule has 2 saturated heterocycles. The van der Waals surface area contributed by atoms with Gasteiger partial charge in [0.15, 0.2) is 5.01 Å². The van der Waals surface area contributed by atoms with Gasteiger partial charge in [0.05, 0.1) is 34.2 Å². The van der Waals surface area contributed by atoms with E-state index in [1.54, 1.807) is 17.5 Å². The first-order chi connectivity index (χ1) is 16.6. The summed E-state index contributed by atoms with van der Waals surface area (Å²) in [5.41, 5.74) is 4.97. The minimum Gasteiger partial charge on any atom is -0.382 e. The van der Waals surface area contributed by atoms with Crippen LogP contribution in [0.25, 0.3) is 27.5 Å². The van der Waals surface area contributed by atoms with Crippen LogP contribution in [-0.2, 0) is 0 Å². The number of aromatic nitrogens is 5. The molecule has 2 unspecified atom stereocenters. The van der Waals surface area contributed by atoms with E-state index in [2.05, 4.69) is 50.7 Å². The molecule has 4 aromatic rings. The number of hydrogen-bond acceptors (Lipinski definition) is 9. The number of nitriles is 1. The van der Waals surface area contributed by atoms with Gasteiger partial charge in [-0.2, -0.15) is 10.4 Å². The third-order valence-electron chi connectivity index (χ3n) is 6.37. The van der Waals surface area contributed by atoms with Crippen LogP contribution in [0.5, 0.6) is 0 Å². The van der Waals surface area contributed by atoms with Crippen molar-refractivity contribution in [3.63, 3.8) is 0 Å². The maximum atomic E-state index is 9.16. The van der Waals surface area contributed by atoms with Crippen molar-refractivity contribution < 1.29 is 0 Å². The molecule has 0 radical (unpaired) electrons. The molecule has 2 bridgehead atoms. The largest absolute Gasteiger partial charge is 0.382 e. The molecule has 2 aliphatic heterocycles. The number of nitrogens with one attached hydrogen (secondary N) is 2. The number of anilines is 2. The second-order valence-electron chi connectivity index (χ2n) is 9.26. The van der Waals surface area contributed by atoms with Gasteiger partial charge in [0.1, 0.15) is 6.07 Å². The lowest BCUT2D eigenvalue weighted by Crippen LogP contribution is -2.51.